The number of anilines is 1. The molecule has 26 heavy (non-hydrogen) atoms. The lowest BCUT2D eigenvalue weighted by Crippen LogP contribution is -2.50. The molecule has 1 aromatic carbocycles. The molecule has 3 rings (SSSR count). The minimum atomic E-state index is -0.557. The molecule has 2 fully saturated rings. The highest BCUT2D eigenvalue weighted by Crippen LogP contribution is 2.53. The normalized spacial score (nSPS) is 26.4. The summed E-state index contributed by atoms with van der Waals surface area (Å²) in [5.41, 5.74) is 0.639. The number of hydrogen-bond acceptors (Lipinski definition) is 6. The molecule has 0 aromatic heterocycles. The second-order valence-corrected chi connectivity index (χ2v) is 8.57. The summed E-state index contributed by atoms with van der Waals surface area (Å²) in [5.74, 6) is -0.557. The van der Waals surface area contributed by atoms with Crippen LogP contribution in [0.2, 0.25) is 0 Å². The molecule has 2 aliphatic rings. The molecule has 1 aliphatic carbocycles. The van der Waals surface area contributed by atoms with E-state index in [2.05, 4.69) is 26.1 Å². The summed E-state index contributed by atoms with van der Waals surface area (Å²) in [6.45, 7) is 8.32. The van der Waals surface area contributed by atoms with Crippen LogP contribution in [-0.2, 0) is 9.47 Å². The summed E-state index contributed by atoms with van der Waals surface area (Å²) in [7, 11) is 0. The van der Waals surface area contributed by atoms with E-state index in [1.807, 2.05) is 6.07 Å². The Bertz CT molecular complexity index is 750. The Balaban J connectivity index is 1.82. The van der Waals surface area contributed by atoms with Crippen molar-refractivity contribution in [3.05, 3.63) is 33.9 Å². The molecule has 0 bridgehead atoms. The summed E-state index contributed by atoms with van der Waals surface area (Å²) < 4.78 is 11.9. The predicted molar refractivity (Wildman–Crippen MR) is 96.7 cm³/mol. The molecule has 7 heteroatoms. The summed E-state index contributed by atoms with van der Waals surface area (Å²) in [5, 5.41) is 23.6. The van der Waals surface area contributed by atoms with Crippen LogP contribution in [0.15, 0.2) is 18.2 Å². The molecule has 1 atom stereocenters. The van der Waals surface area contributed by atoms with E-state index >= 15 is 0 Å². The molecule has 1 unspecified atom stereocenters. The zero-order valence-electron chi connectivity index (χ0n) is 15.5. The number of rotatable bonds is 4. The fourth-order valence-corrected chi connectivity index (χ4v) is 4.76. The topological polar surface area (TPSA) is 97.4 Å². The maximum Gasteiger partial charge on any atom is 0.292 e. The third kappa shape index (κ3) is 3.81. The van der Waals surface area contributed by atoms with Gasteiger partial charge in [0.25, 0.3) is 5.69 Å². The van der Waals surface area contributed by atoms with Crippen molar-refractivity contribution in [1.29, 1.82) is 5.26 Å². The number of nitro groups is 1. The third-order valence-electron chi connectivity index (χ3n) is 5.19. The van der Waals surface area contributed by atoms with E-state index < -0.39 is 10.7 Å². The van der Waals surface area contributed by atoms with Crippen LogP contribution in [0, 0.1) is 32.3 Å². The molecule has 140 valence electrons. The molecule has 0 radical (unpaired) electrons. The first kappa shape index (κ1) is 18.6. The van der Waals surface area contributed by atoms with Crippen molar-refractivity contribution in [2.75, 3.05) is 25.1 Å². The SMILES string of the molecule is CC1(C)CC(C)(CNc2cc(C#N)ccc2[N+](=O)[O-])CC2(C1)OCCO2. The minimum absolute atomic E-state index is 0.0225. The molecule has 1 aromatic rings. The summed E-state index contributed by atoms with van der Waals surface area (Å²) in [4.78, 5) is 10.9. The van der Waals surface area contributed by atoms with Gasteiger partial charge >= 0.3 is 0 Å². The standard InChI is InChI=1S/C19H25N3O4/c1-17(2)10-18(3,12-19(11-17)25-6-7-26-19)13-21-15-8-14(9-20)4-5-16(15)22(23)24/h4-5,8,21H,6-7,10-13H2,1-3H3. The molecule has 0 amide bonds. The molecule has 1 saturated heterocycles. The molecular formula is C19H25N3O4. The van der Waals surface area contributed by atoms with Crippen molar-refractivity contribution in [2.24, 2.45) is 10.8 Å². The van der Waals surface area contributed by atoms with Crippen molar-refractivity contribution >= 4 is 11.4 Å². The zero-order valence-corrected chi connectivity index (χ0v) is 15.5. The lowest BCUT2D eigenvalue weighted by atomic mass is 9.62. The average molecular weight is 359 g/mol. The van der Waals surface area contributed by atoms with Crippen LogP contribution in [0.4, 0.5) is 11.4 Å². The Morgan fingerprint density at radius 1 is 1.23 bits per heavy atom. The minimum Gasteiger partial charge on any atom is -0.379 e. The van der Waals surface area contributed by atoms with Crippen molar-refractivity contribution in [3.63, 3.8) is 0 Å². The van der Waals surface area contributed by atoms with Gasteiger partial charge in [-0.25, -0.2) is 0 Å². The maximum absolute atomic E-state index is 11.3. The van der Waals surface area contributed by atoms with Gasteiger partial charge in [0.2, 0.25) is 0 Å². The third-order valence-corrected chi connectivity index (χ3v) is 5.19. The second kappa shape index (κ2) is 6.53. The number of benzene rings is 1. The first-order chi connectivity index (χ1) is 12.2. The van der Waals surface area contributed by atoms with Crippen molar-refractivity contribution in [3.8, 4) is 6.07 Å². The molecule has 1 saturated carbocycles. The van der Waals surface area contributed by atoms with E-state index in [4.69, 9.17) is 14.7 Å². The fraction of sp³-hybridized carbons (Fsp3) is 0.632. The van der Waals surface area contributed by atoms with Gasteiger partial charge in [0.15, 0.2) is 5.79 Å². The Hall–Kier alpha value is -2.17. The Labute approximate surface area is 153 Å². The van der Waals surface area contributed by atoms with Crippen molar-refractivity contribution in [2.45, 2.75) is 45.8 Å². The summed E-state index contributed by atoms with van der Waals surface area (Å²) in [6.07, 6.45) is 2.54. The monoisotopic (exact) mass is 359 g/mol. The van der Waals surface area contributed by atoms with E-state index in [0.29, 0.717) is 31.0 Å². The first-order valence-electron chi connectivity index (χ1n) is 8.86. The molecule has 7 nitrogen and oxygen atoms in total. The lowest BCUT2D eigenvalue weighted by molar-refractivity contribution is -0.384. The van der Waals surface area contributed by atoms with Crippen LogP contribution < -0.4 is 5.32 Å². The van der Waals surface area contributed by atoms with Crippen LogP contribution in [0.5, 0.6) is 0 Å². The molecule has 1 heterocycles. The molecule has 1 aliphatic heterocycles. The van der Waals surface area contributed by atoms with Gasteiger partial charge in [-0.3, -0.25) is 10.1 Å². The Morgan fingerprint density at radius 2 is 1.92 bits per heavy atom. The van der Waals surface area contributed by atoms with Gasteiger partial charge in [0.1, 0.15) is 5.69 Å². The van der Waals surface area contributed by atoms with E-state index in [9.17, 15) is 10.1 Å². The fourth-order valence-electron chi connectivity index (χ4n) is 4.76. The Kier molecular flexibility index (Phi) is 4.67. The number of hydrogen-bond donors (Lipinski definition) is 1. The van der Waals surface area contributed by atoms with Gasteiger partial charge in [-0.15, -0.1) is 0 Å². The maximum atomic E-state index is 11.3. The van der Waals surface area contributed by atoms with Crippen LogP contribution >= 0.6 is 0 Å². The van der Waals surface area contributed by atoms with Gasteiger partial charge in [-0.05, 0) is 29.4 Å². The van der Waals surface area contributed by atoms with E-state index in [1.165, 1.54) is 18.2 Å². The first-order valence-corrected chi connectivity index (χ1v) is 8.86. The number of nitrogens with one attached hydrogen (secondary N) is 1. The highest BCUT2D eigenvalue weighted by Gasteiger charge is 2.52. The van der Waals surface area contributed by atoms with Gasteiger partial charge < -0.3 is 14.8 Å². The second-order valence-electron chi connectivity index (χ2n) is 8.57. The van der Waals surface area contributed by atoms with Gasteiger partial charge in [-0.2, -0.15) is 5.26 Å². The highest BCUT2D eigenvalue weighted by atomic mass is 16.7. The van der Waals surface area contributed by atoms with Gasteiger partial charge in [0.05, 0.1) is 29.8 Å². The van der Waals surface area contributed by atoms with Crippen molar-refractivity contribution in [1.82, 2.24) is 0 Å². The van der Waals surface area contributed by atoms with Crippen LogP contribution in [0.3, 0.4) is 0 Å². The number of nitrogens with zero attached hydrogens (tertiary/aromatic N) is 2. The molecule has 1 N–H and O–H groups in total. The molecular weight excluding hydrogens is 334 g/mol. The number of nitriles is 1. The number of nitro benzene ring substituents is 1. The average Bonchev–Trinajstić information content (AvgIpc) is 2.97. The summed E-state index contributed by atoms with van der Waals surface area (Å²) in [6, 6.07) is 6.40. The van der Waals surface area contributed by atoms with Crippen LogP contribution in [-0.4, -0.2) is 30.5 Å². The zero-order chi connectivity index (χ0) is 19.0. The lowest BCUT2D eigenvalue weighted by Gasteiger charge is -2.50. The van der Waals surface area contributed by atoms with E-state index in [1.54, 1.807) is 0 Å². The van der Waals surface area contributed by atoms with Crippen LogP contribution in [0.25, 0.3) is 0 Å². The quantitative estimate of drug-likeness (QED) is 0.648. The van der Waals surface area contributed by atoms with Crippen LogP contribution in [0.1, 0.15) is 45.6 Å². The molecule has 1 spiro atoms. The summed E-state index contributed by atoms with van der Waals surface area (Å²) >= 11 is 0. The smallest absolute Gasteiger partial charge is 0.292 e. The van der Waals surface area contributed by atoms with Gasteiger partial charge in [0, 0.05) is 25.5 Å². The Morgan fingerprint density at radius 3 is 2.54 bits per heavy atom. The van der Waals surface area contributed by atoms with E-state index in [-0.39, 0.29) is 16.5 Å². The van der Waals surface area contributed by atoms with E-state index in [0.717, 1.165) is 19.3 Å². The highest BCUT2D eigenvalue weighted by molar-refractivity contribution is 5.64. The predicted octanol–water partition coefficient (Wildman–Crippen LogP) is 3.84. The van der Waals surface area contributed by atoms with Gasteiger partial charge in [-0.1, -0.05) is 20.8 Å². The van der Waals surface area contributed by atoms with Crippen molar-refractivity contribution < 1.29 is 14.4 Å². The number of ether oxygens (including phenoxy) is 2. The largest absolute Gasteiger partial charge is 0.379 e.